The van der Waals surface area contributed by atoms with Gasteiger partial charge in [0.05, 0.1) is 11.5 Å². The number of hydrogen-bond donors (Lipinski definition) is 2. The molecule has 0 radical (unpaired) electrons. The van der Waals surface area contributed by atoms with Gasteiger partial charge in [0, 0.05) is 45.8 Å². The molecule has 1 atom stereocenters. The van der Waals surface area contributed by atoms with E-state index >= 15 is 0 Å². The molecule has 0 aliphatic carbocycles. The van der Waals surface area contributed by atoms with Crippen molar-refractivity contribution >= 4 is 39.8 Å². The predicted molar refractivity (Wildman–Crippen MR) is 110 cm³/mol. The number of likely N-dealkylation sites (N-methyl/N-ethyl adjacent to an activating group) is 1. The van der Waals surface area contributed by atoms with Crippen molar-refractivity contribution < 1.29 is 8.42 Å². The molecule has 142 valence electrons. The second kappa shape index (κ2) is 10.8. The lowest BCUT2D eigenvalue weighted by molar-refractivity contribution is 0.266. The summed E-state index contributed by atoms with van der Waals surface area (Å²) in [4.78, 5) is 8.97. The van der Waals surface area contributed by atoms with Gasteiger partial charge in [-0.3, -0.25) is 14.8 Å². The van der Waals surface area contributed by atoms with Crippen LogP contribution in [0.3, 0.4) is 0 Å². The largest absolute Gasteiger partial charge is 0.355 e. The van der Waals surface area contributed by atoms with Crippen LogP contribution in [0.4, 0.5) is 0 Å². The Morgan fingerprint density at radius 3 is 2.54 bits per heavy atom. The summed E-state index contributed by atoms with van der Waals surface area (Å²) in [6.07, 6.45) is 2.53. The van der Waals surface area contributed by atoms with E-state index in [1.165, 1.54) is 19.4 Å². The van der Waals surface area contributed by atoms with Crippen molar-refractivity contribution in [3.63, 3.8) is 0 Å². The molecule has 0 aromatic rings. The van der Waals surface area contributed by atoms with Gasteiger partial charge < -0.3 is 10.6 Å². The Hall–Kier alpha value is -0.130. The van der Waals surface area contributed by atoms with Crippen LogP contribution in [-0.2, 0) is 9.84 Å². The first-order valence-electron chi connectivity index (χ1n) is 8.65. The topological polar surface area (TPSA) is 77.0 Å². The van der Waals surface area contributed by atoms with Crippen LogP contribution in [-0.4, -0.2) is 94.6 Å². The van der Waals surface area contributed by atoms with Crippen LogP contribution < -0.4 is 10.6 Å². The third-order valence-electron chi connectivity index (χ3n) is 4.79. The first-order valence-corrected chi connectivity index (χ1v) is 10.5. The average molecular weight is 473 g/mol. The van der Waals surface area contributed by atoms with Crippen molar-refractivity contribution in [2.45, 2.75) is 25.8 Å². The van der Waals surface area contributed by atoms with E-state index in [-0.39, 0.29) is 35.5 Å². The highest BCUT2D eigenvalue weighted by Gasteiger charge is 2.23. The Morgan fingerprint density at radius 1 is 1.21 bits per heavy atom. The number of halogens is 1. The molecule has 2 aliphatic rings. The standard InChI is InChI=1S/C15H31N5O2S.HI/c1-3-20-7-4-5-14(20)13-18-15(16-2)17-6-8-19-9-11-23(21,22)12-10-19;/h14H,3-13H2,1-2H3,(H2,16,17,18);1H. The minimum atomic E-state index is -2.79. The van der Waals surface area contributed by atoms with E-state index in [4.69, 9.17) is 0 Å². The maximum Gasteiger partial charge on any atom is 0.191 e. The van der Waals surface area contributed by atoms with Crippen LogP contribution in [0.5, 0.6) is 0 Å². The van der Waals surface area contributed by atoms with Gasteiger partial charge in [-0.25, -0.2) is 8.42 Å². The molecule has 2 heterocycles. The lowest BCUT2D eigenvalue weighted by Crippen LogP contribution is -2.48. The molecule has 2 rings (SSSR count). The minimum Gasteiger partial charge on any atom is -0.355 e. The van der Waals surface area contributed by atoms with Crippen LogP contribution in [0.25, 0.3) is 0 Å². The van der Waals surface area contributed by atoms with Gasteiger partial charge in [0.15, 0.2) is 15.8 Å². The number of aliphatic imine (C=N–C) groups is 1. The van der Waals surface area contributed by atoms with E-state index in [0.29, 0.717) is 19.1 Å². The van der Waals surface area contributed by atoms with Gasteiger partial charge in [-0.2, -0.15) is 0 Å². The summed E-state index contributed by atoms with van der Waals surface area (Å²) >= 11 is 0. The second-order valence-corrected chi connectivity index (χ2v) is 8.60. The monoisotopic (exact) mass is 473 g/mol. The lowest BCUT2D eigenvalue weighted by atomic mass is 10.2. The molecular formula is C15H32IN5O2S. The number of guanidine groups is 1. The number of likely N-dealkylation sites (tertiary alicyclic amines) is 1. The molecule has 0 bridgehead atoms. The molecule has 2 N–H and O–H groups in total. The van der Waals surface area contributed by atoms with Gasteiger partial charge in [0.1, 0.15) is 0 Å². The van der Waals surface area contributed by atoms with Crippen LogP contribution >= 0.6 is 24.0 Å². The van der Waals surface area contributed by atoms with E-state index in [2.05, 4.69) is 32.3 Å². The third-order valence-corrected chi connectivity index (χ3v) is 6.40. The van der Waals surface area contributed by atoms with Crippen molar-refractivity contribution in [1.29, 1.82) is 0 Å². The highest BCUT2D eigenvalue weighted by Crippen LogP contribution is 2.15. The quantitative estimate of drug-likeness (QED) is 0.321. The van der Waals surface area contributed by atoms with E-state index in [9.17, 15) is 8.42 Å². The fourth-order valence-electron chi connectivity index (χ4n) is 3.28. The van der Waals surface area contributed by atoms with Crippen LogP contribution in [0.2, 0.25) is 0 Å². The van der Waals surface area contributed by atoms with Gasteiger partial charge in [-0.15, -0.1) is 24.0 Å². The normalized spacial score (nSPS) is 25.2. The van der Waals surface area contributed by atoms with Crippen molar-refractivity contribution in [3.8, 4) is 0 Å². The van der Waals surface area contributed by atoms with Gasteiger partial charge in [-0.1, -0.05) is 6.92 Å². The highest BCUT2D eigenvalue weighted by molar-refractivity contribution is 14.0. The van der Waals surface area contributed by atoms with Crippen molar-refractivity contribution in [1.82, 2.24) is 20.4 Å². The Kier molecular flexibility index (Phi) is 9.83. The highest BCUT2D eigenvalue weighted by atomic mass is 127. The minimum absolute atomic E-state index is 0. The molecule has 0 saturated carbocycles. The maximum absolute atomic E-state index is 11.4. The second-order valence-electron chi connectivity index (χ2n) is 6.30. The SMILES string of the molecule is CCN1CCCC1CNC(=NC)NCCN1CCS(=O)(=O)CC1.I. The molecule has 2 fully saturated rings. The molecule has 0 amide bonds. The summed E-state index contributed by atoms with van der Waals surface area (Å²) in [5.41, 5.74) is 0. The molecule has 9 heteroatoms. The molecule has 0 aromatic carbocycles. The number of sulfone groups is 1. The zero-order valence-electron chi connectivity index (χ0n) is 14.8. The Morgan fingerprint density at radius 2 is 1.92 bits per heavy atom. The average Bonchev–Trinajstić information content (AvgIpc) is 2.99. The first kappa shape index (κ1) is 21.9. The molecule has 2 saturated heterocycles. The lowest BCUT2D eigenvalue weighted by Gasteiger charge is -2.27. The summed E-state index contributed by atoms with van der Waals surface area (Å²) in [7, 11) is -1.00. The molecular weight excluding hydrogens is 441 g/mol. The smallest absolute Gasteiger partial charge is 0.191 e. The van der Waals surface area contributed by atoms with Crippen molar-refractivity contribution in [2.24, 2.45) is 4.99 Å². The molecule has 0 aromatic heterocycles. The zero-order chi connectivity index (χ0) is 16.7. The summed E-state index contributed by atoms with van der Waals surface area (Å²) < 4.78 is 22.8. The van der Waals surface area contributed by atoms with Gasteiger partial charge in [0.25, 0.3) is 0 Å². The zero-order valence-corrected chi connectivity index (χ0v) is 18.0. The van der Waals surface area contributed by atoms with Gasteiger partial charge in [-0.05, 0) is 25.9 Å². The van der Waals surface area contributed by atoms with Crippen molar-refractivity contribution in [2.75, 3.05) is 64.4 Å². The van der Waals surface area contributed by atoms with E-state index in [1.54, 1.807) is 7.05 Å². The summed E-state index contributed by atoms with van der Waals surface area (Å²) in [6, 6.07) is 0.603. The molecule has 2 aliphatic heterocycles. The van der Waals surface area contributed by atoms with Crippen LogP contribution in [0, 0.1) is 0 Å². The number of hydrogen-bond acceptors (Lipinski definition) is 5. The van der Waals surface area contributed by atoms with Gasteiger partial charge >= 0.3 is 0 Å². The molecule has 24 heavy (non-hydrogen) atoms. The van der Waals surface area contributed by atoms with Crippen LogP contribution in [0.15, 0.2) is 4.99 Å². The number of nitrogens with one attached hydrogen (secondary N) is 2. The molecule has 1 unspecified atom stereocenters. The van der Waals surface area contributed by atoms with Crippen molar-refractivity contribution in [3.05, 3.63) is 0 Å². The molecule has 7 nitrogen and oxygen atoms in total. The summed E-state index contributed by atoms with van der Waals surface area (Å²) in [5.74, 6) is 1.40. The first-order chi connectivity index (χ1) is 11.0. The van der Waals surface area contributed by atoms with Gasteiger partial charge in [0.2, 0.25) is 0 Å². The summed E-state index contributed by atoms with van der Waals surface area (Å²) in [6.45, 7) is 8.36. The fraction of sp³-hybridized carbons (Fsp3) is 0.933. The third kappa shape index (κ3) is 7.01. The predicted octanol–water partition coefficient (Wildman–Crippen LogP) is -0.0159. The Labute approximate surface area is 163 Å². The number of nitrogens with zero attached hydrogens (tertiary/aromatic N) is 3. The number of rotatable bonds is 6. The molecule has 0 spiro atoms. The van der Waals surface area contributed by atoms with E-state index < -0.39 is 9.84 Å². The Balaban J connectivity index is 0.00000288. The van der Waals surface area contributed by atoms with E-state index in [1.807, 2.05) is 0 Å². The summed E-state index contributed by atoms with van der Waals surface area (Å²) in [5, 5.41) is 6.73. The fourth-order valence-corrected chi connectivity index (χ4v) is 4.56. The Bertz CT molecular complexity index is 486. The van der Waals surface area contributed by atoms with Crippen LogP contribution in [0.1, 0.15) is 19.8 Å². The van der Waals surface area contributed by atoms with E-state index in [0.717, 1.165) is 32.1 Å². The maximum atomic E-state index is 11.4.